The fourth-order valence-electron chi connectivity index (χ4n) is 1.93. The quantitative estimate of drug-likeness (QED) is 0.790. The van der Waals surface area contributed by atoms with E-state index in [9.17, 15) is 4.79 Å². The molecule has 1 N–H and O–H groups in total. The lowest BCUT2D eigenvalue weighted by Crippen LogP contribution is -2.28. The molecule has 1 aliphatic rings. The van der Waals surface area contributed by atoms with E-state index in [1.165, 1.54) is 18.9 Å². The summed E-state index contributed by atoms with van der Waals surface area (Å²) < 4.78 is 5.12. The maximum atomic E-state index is 11.4. The van der Waals surface area contributed by atoms with Crippen molar-refractivity contribution in [1.82, 2.24) is 5.32 Å². The highest BCUT2D eigenvalue weighted by Crippen LogP contribution is 2.41. The summed E-state index contributed by atoms with van der Waals surface area (Å²) in [5, 5.41) is 2.98. The van der Waals surface area contributed by atoms with E-state index in [0.29, 0.717) is 5.92 Å². The Morgan fingerprint density at radius 3 is 2.59 bits per heavy atom. The van der Waals surface area contributed by atoms with Gasteiger partial charge in [-0.05, 0) is 42.5 Å². The molecule has 0 aromatic heterocycles. The molecule has 1 aliphatic carbocycles. The molecule has 1 atom stereocenters. The minimum Gasteiger partial charge on any atom is -0.497 e. The minimum absolute atomic E-state index is 0.103. The maximum Gasteiger partial charge on any atom is 0.243 e. The molecule has 2 rings (SSSR count). The zero-order valence-electron chi connectivity index (χ0n) is 9.98. The van der Waals surface area contributed by atoms with Crippen LogP contribution in [0, 0.1) is 5.92 Å². The number of amides is 1. The molecular formula is C14H17NO2. The van der Waals surface area contributed by atoms with Crippen LogP contribution in [0.15, 0.2) is 36.9 Å². The van der Waals surface area contributed by atoms with E-state index in [-0.39, 0.29) is 11.9 Å². The number of carbonyl (C=O) groups is 1. The number of benzene rings is 1. The predicted octanol–water partition coefficient (Wildman–Crippen LogP) is 2.45. The number of hydrogen-bond donors (Lipinski definition) is 1. The number of methoxy groups -OCH3 is 1. The van der Waals surface area contributed by atoms with Crippen LogP contribution in [0.1, 0.15) is 24.4 Å². The largest absolute Gasteiger partial charge is 0.497 e. The van der Waals surface area contributed by atoms with Crippen molar-refractivity contribution < 1.29 is 9.53 Å². The van der Waals surface area contributed by atoms with Crippen LogP contribution in [0.5, 0.6) is 5.75 Å². The van der Waals surface area contributed by atoms with Crippen LogP contribution >= 0.6 is 0 Å². The summed E-state index contributed by atoms with van der Waals surface area (Å²) in [7, 11) is 1.65. The molecule has 0 saturated heterocycles. The molecule has 0 spiro atoms. The van der Waals surface area contributed by atoms with Gasteiger partial charge in [-0.15, -0.1) is 0 Å². The number of hydrogen-bond acceptors (Lipinski definition) is 2. The molecule has 1 unspecified atom stereocenters. The summed E-state index contributed by atoms with van der Waals surface area (Å²) in [6.07, 6.45) is 3.67. The molecule has 1 saturated carbocycles. The first-order valence-corrected chi connectivity index (χ1v) is 5.81. The summed E-state index contributed by atoms with van der Waals surface area (Å²) >= 11 is 0. The lowest BCUT2D eigenvalue weighted by atomic mass is 10.0. The Balaban J connectivity index is 2.13. The van der Waals surface area contributed by atoms with Crippen molar-refractivity contribution >= 4 is 5.91 Å². The Bertz CT molecular complexity index is 407. The standard InChI is InChI=1S/C14H17NO2/c1-3-13(16)15-14(10-4-5-10)11-6-8-12(17-2)9-7-11/h3,6-10,14H,1,4-5H2,2H3,(H,15,16). The molecule has 0 aliphatic heterocycles. The molecule has 0 bridgehead atoms. The van der Waals surface area contributed by atoms with Gasteiger partial charge in [-0.3, -0.25) is 4.79 Å². The number of ether oxygens (including phenoxy) is 1. The monoisotopic (exact) mass is 231 g/mol. The SMILES string of the molecule is C=CC(=O)NC(c1ccc(OC)cc1)C1CC1. The zero-order valence-corrected chi connectivity index (χ0v) is 9.98. The maximum absolute atomic E-state index is 11.4. The van der Waals surface area contributed by atoms with Gasteiger partial charge in [0, 0.05) is 0 Å². The van der Waals surface area contributed by atoms with E-state index in [0.717, 1.165) is 11.3 Å². The third-order valence-electron chi connectivity index (χ3n) is 3.05. The van der Waals surface area contributed by atoms with Crippen LogP contribution in [0.3, 0.4) is 0 Å². The van der Waals surface area contributed by atoms with Crippen molar-refractivity contribution in [2.75, 3.05) is 7.11 Å². The fourth-order valence-corrected chi connectivity index (χ4v) is 1.93. The Kier molecular flexibility index (Phi) is 3.47. The van der Waals surface area contributed by atoms with Crippen molar-refractivity contribution in [3.8, 4) is 5.75 Å². The molecule has 3 heteroatoms. The first-order valence-electron chi connectivity index (χ1n) is 5.81. The molecule has 90 valence electrons. The second kappa shape index (κ2) is 5.04. The van der Waals surface area contributed by atoms with E-state index < -0.39 is 0 Å². The highest BCUT2D eigenvalue weighted by Gasteiger charge is 2.32. The predicted molar refractivity (Wildman–Crippen MR) is 66.8 cm³/mol. The van der Waals surface area contributed by atoms with Gasteiger partial charge in [-0.25, -0.2) is 0 Å². The van der Waals surface area contributed by atoms with Crippen molar-refractivity contribution in [3.63, 3.8) is 0 Å². The third kappa shape index (κ3) is 2.87. The Morgan fingerprint density at radius 2 is 2.12 bits per heavy atom. The van der Waals surface area contributed by atoms with E-state index >= 15 is 0 Å². The minimum atomic E-state index is -0.113. The van der Waals surface area contributed by atoms with E-state index in [2.05, 4.69) is 11.9 Å². The smallest absolute Gasteiger partial charge is 0.243 e. The zero-order chi connectivity index (χ0) is 12.3. The van der Waals surface area contributed by atoms with E-state index in [1.807, 2.05) is 24.3 Å². The van der Waals surface area contributed by atoms with Gasteiger partial charge in [0.1, 0.15) is 5.75 Å². The summed E-state index contributed by atoms with van der Waals surface area (Å²) in [6, 6.07) is 7.96. The van der Waals surface area contributed by atoms with Gasteiger partial charge in [0.25, 0.3) is 0 Å². The number of nitrogens with one attached hydrogen (secondary N) is 1. The lowest BCUT2D eigenvalue weighted by Gasteiger charge is -2.18. The van der Waals surface area contributed by atoms with Gasteiger partial charge in [-0.1, -0.05) is 18.7 Å². The first kappa shape index (κ1) is 11.7. The summed E-state index contributed by atoms with van der Waals surface area (Å²) in [5.74, 6) is 1.28. The van der Waals surface area contributed by atoms with Crippen molar-refractivity contribution in [2.24, 2.45) is 5.92 Å². The Labute approximate surface area is 101 Å². The Morgan fingerprint density at radius 1 is 1.47 bits per heavy atom. The van der Waals surface area contributed by atoms with Crippen molar-refractivity contribution in [1.29, 1.82) is 0 Å². The fraction of sp³-hybridized carbons (Fsp3) is 0.357. The third-order valence-corrected chi connectivity index (χ3v) is 3.05. The van der Waals surface area contributed by atoms with Gasteiger partial charge >= 0.3 is 0 Å². The molecule has 0 radical (unpaired) electrons. The van der Waals surface area contributed by atoms with Gasteiger partial charge < -0.3 is 10.1 Å². The van der Waals surface area contributed by atoms with Crippen LogP contribution < -0.4 is 10.1 Å². The van der Waals surface area contributed by atoms with Crippen LogP contribution in [0.4, 0.5) is 0 Å². The molecule has 1 amide bonds. The Hall–Kier alpha value is -1.77. The van der Waals surface area contributed by atoms with Gasteiger partial charge in [-0.2, -0.15) is 0 Å². The number of rotatable bonds is 5. The average molecular weight is 231 g/mol. The van der Waals surface area contributed by atoms with E-state index in [1.54, 1.807) is 7.11 Å². The van der Waals surface area contributed by atoms with Crippen molar-refractivity contribution in [2.45, 2.75) is 18.9 Å². The highest BCUT2D eigenvalue weighted by molar-refractivity contribution is 5.87. The van der Waals surface area contributed by atoms with Crippen LogP contribution in [-0.2, 0) is 4.79 Å². The second-order valence-electron chi connectivity index (χ2n) is 4.30. The highest BCUT2D eigenvalue weighted by atomic mass is 16.5. The normalized spacial score (nSPS) is 16.1. The molecule has 1 fully saturated rings. The van der Waals surface area contributed by atoms with Crippen LogP contribution in [0.2, 0.25) is 0 Å². The second-order valence-corrected chi connectivity index (χ2v) is 4.30. The van der Waals surface area contributed by atoms with E-state index in [4.69, 9.17) is 4.74 Å². The molecule has 1 aromatic carbocycles. The van der Waals surface area contributed by atoms with Crippen LogP contribution in [0.25, 0.3) is 0 Å². The molecule has 17 heavy (non-hydrogen) atoms. The summed E-state index contributed by atoms with van der Waals surface area (Å²) in [4.78, 5) is 11.4. The van der Waals surface area contributed by atoms with Gasteiger partial charge in [0.15, 0.2) is 0 Å². The van der Waals surface area contributed by atoms with Crippen LogP contribution in [-0.4, -0.2) is 13.0 Å². The lowest BCUT2D eigenvalue weighted by molar-refractivity contribution is -0.117. The first-order chi connectivity index (χ1) is 8.24. The molecule has 3 nitrogen and oxygen atoms in total. The summed E-state index contributed by atoms with van der Waals surface area (Å²) in [5.41, 5.74) is 1.13. The summed E-state index contributed by atoms with van der Waals surface area (Å²) in [6.45, 7) is 3.48. The molecule has 1 aromatic rings. The average Bonchev–Trinajstić information content (AvgIpc) is 3.20. The molecule has 0 heterocycles. The number of carbonyl (C=O) groups excluding carboxylic acids is 1. The van der Waals surface area contributed by atoms with Gasteiger partial charge in [0.2, 0.25) is 5.91 Å². The van der Waals surface area contributed by atoms with Crippen molar-refractivity contribution in [3.05, 3.63) is 42.5 Å². The topological polar surface area (TPSA) is 38.3 Å². The van der Waals surface area contributed by atoms with Gasteiger partial charge in [0.05, 0.1) is 13.2 Å². The molecular weight excluding hydrogens is 214 g/mol.